The van der Waals surface area contributed by atoms with E-state index in [0.717, 1.165) is 47.5 Å². The van der Waals surface area contributed by atoms with Gasteiger partial charge in [0.2, 0.25) is 11.8 Å². The van der Waals surface area contributed by atoms with E-state index in [-0.39, 0.29) is 39.1 Å². The fourth-order valence-corrected chi connectivity index (χ4v) is 6.89. The Morgan fingerprint density at radius 1 is 0.927 bits per heavy atom. The Kier molecular flexibility index (Phi) is 10.3. The molecule has 3 aromatic carbocycles. The lowest BCUT2D eigenvalue weighted by molar-refractivity contribution is -0.139. The third-order valence-electron chi connectivity index (χ3n) is 7.34. The Hall–Kier alpha value is -3.07. The summed E-state index contributed by atoms with van der Waals surface area (Å²) in [7, 11) is -4.21. The number of carbonyl (C=O) groups excluding carboxylic acids is 2. The van der Waals surface area contributed by atoms with Crippen LogP contribution in [0.15, 0.2) is 77.7 Å². The zero-order chi connectivity index (χ0) is 29.6. The zero-order valence-corrected chi connectivity index (χ0v) is 25.6. The zero-order valence-electron chi connectivity index (χ0n) is 23.2. The van der Waals surface area contributed by atoms with E-state index >= 15 is 0 Å². The van der Waals surface area contributed by atoms with Crippen molar-refractivity contribution >= 4 is 50.7 Å². The van der Waals surface area contributed by atoms with Gasteiger partial charge in [0.25, 0.3) is 10.0 Å². The van der Waals surface area contributed by atoms with Crippen LogP contribution >= 0.6 is 23.2 Å². The molecule has 0 saturated heterocycles. The van der Waals surface area contributed by atoms with Crippen LogP contribution in [0, 0.1) is 6.92 Å². The van der Waals surface area contributed by atoms with Gasteiger partial charge in [-0.3, -0.25) is 13.9 Å². The van der Waals surface area contributed by atoms with Crippen molar-refractivity contribution in [3.05, 3.63) is 94.0 Å². The molecule has 0 heterocycles. The molecular formula is C31H35Cl2N3O4S. The summed E-state index contributed by atoms with van der Waals surface area (Å²) < 4.78 is 28.9. The largest absolute Gasteiger partial charge is 0.352 e. The Balaban J connectivity index is 1.69. The Morgan fingerprint density at radius 2 is 1.54 bits per heavy atom. The maximum Gasteiger partial charge on any atom is 0.264 e. The Morgan fingerprint density at radius 3 is 2.15 bits per heavy atom. The van der Waals surface area contributed by atoms with Gasteiger partial charge in [-0.05, 0) is 62.6 Å². The molecule has 0 aliphatic heterocycles. The number of hydrogen-bond donors (Lipinski definition) is 1. The number of rotatable bonds is 10. The number of nitrogens with one attached hydrogen (secondary N) is 1. The molecule has 1 fully saturated rings. The first-order valence-corrected chi connectivity index (χ1v) is 15.9. The minimum atomic E-state index is -4.21. The predicted molar refractivity (Wildman–Crippen MR) is 164 cm³/mol. The summed E-state index contributed by atoms with van der Waals surface area (Å²) in [5, 5.41) is 3.56. The fourth-order valence-electron chi connectivity index (χ4n) is 4.98. The van der Waals surface area contributed by atoms with E-state index in [1.54, 1.807) is 19.1 Å². The molecule has 3 aromatic rings. The van der Waals surface area contributed by atoms with Crippen LogP contribution in [-0.4, -0.2) is 43.8 Å². The molecule has 1 N–H and O–H groups in total. The SMILES string of the molecule is Cc1ccc(S(=O)(=O)N(CC(=O)N(Cc2ccccc2)[C@@H](C)C(=O)NC2CCCCC2)c2cc(Cl)cc(Cl)c2)cc1. The van der Waals surface area contributed by atoms with Gasteiger partial charge in [0, 0.05) is 22.6 Å². The number of sulfonamides is 1. The smallest absolute Gasteiger partial charge is 0.264 e. The molecule has 1 atom stereocenters. The minimum absolute atomic E-state index is 0.0182. The van der Waals surface area contributed by atoms with E-state index in [9.17, 15) is 18.0 Å². The standard InChI is InChI=1S/C31H35Cl2N3O4S/c1-22-13-15-29(16-14-22)41(39,40)36(28-18-25(32)17-26(33)19-28)21-30(37)35(20-24-9-5-3-6-10-24)23(2)31(38)34-27-11-7-4-8-12-27/h3,5-6,9-10,13-19,23,27H,4,7-8,11-12,20-21H2,1-2H3,(H,34,38)/t23-/m0/s1. The van der Waals surface area contributed by atoms with Crippen LogP contribution in [0.25, 0.3) is 0 Å². The van der Waals surface area contributed by atoms with Gasteiger partial charge in [0.05, 0.1) is 10.6 Å². The molecule has 10 heteroatoms. The number of halogens is 2. The average Bonchev–Trinajstić information content (AvgIpc) is 2.95. The van der Waals surface area contributed by atoms with Crippen molar-refractivity contribution in [2.75, 3.05) is 10.8 Å². The highest BCUT2D eigenvalue weighted by Gasteiger charge is 2.33. The first kappa shape index (κ1) is 30.9. The van der Waals surface area contributed by atoms with Crippen LogP contribution in [0.2, 0.25) is 10.0 Å². The van der Waals surface area contributed by atoms with Crippen molar-refractivity contribution in [3.8, 4) is 0 Å². The van der Waals surface area contributed by atoms with Crippen LogP contribution < -0.4 is 9.62 Å². The van der Waals surface area contributed by atoms with Crippen molar-refractivity contribution in [2.45, 2.75) is 69.5 Å². The number of anilines is 1. The van der Waals surface area contributed by atoms with Crippen LogP contribution in [0.5, 0.6) is 0 Å². The lowest BCUT2D eigenvalue weighted by atomic mass is 9.95. The Labute approximate surface area is 252 Å². The summed E-state index contributed by atoms with van der Waals surface area (Å²) in [6.07, 6.45) is 5.08. The fraction of sp³-hybridized carbons (Fsp3) is 0.355. The van der Waals surface area contributed by atoms with Crippen molar-refractivity contribution in [2.24, 2.45) is 0 Å². The van der Waals surface area contributed by atoms with Gasteiger partial charge in [-0.2, -0.15) is 0 Å². The van der Waals surface area contributed by atoms with Crippen molar-refractivity contribution in [1.29, 1.82) is 0 Å². The van der Waals surface area contributed by atoms with Crippen molar-refractivity contribution in [3.63, 3.8) is 0 Å². The maximum absolute atomic E-state index is 14.0. The van der Waals surface area contributed by atoms with E-state index in [4.69, 9.17) is 23.2 Å². The van der Waals surface area contributed by atoms with Gasteiger partial charge in [-0.25, -0.2) is 8.42 Å². The van der Waals surface area contributed by atoms with Gasteiger partial charge in [-0.1, -0.05) is 90.5 Å². The number of amides is 2. The van der Waals surface area contributed by atoms with Crippen LogP contribution in [0.1, 0.15) is 50.2 Å². The number of hydrogen-bond acceptors (Lipinski definition) is 4. The normalized spacial score (nSPS) is 14.7. The molecule has 1 aliphatic rings. The average molecular weight is 617 g/mol. The summed E-state index contributed by atoms with van der Waals surface area (Å²) in [5.41, 5.74) is 1.86. The van der Waals surface area contributed by atoms with Crippen LogP contribution in [0.4, 0.5) is 5.69 Å². The molecule has 1 aliphatic carbocycles. The number of nitrogens with zero attached hydrogens (tertiary/aromatic N) is 2. The molecule has 0 unspecified atom stereocenters. The minimum Gasteiger partial charge on any atom is -0.352 e. The highest BCUT2D eigenvalue weighted by molar-refractivity contribution is 7.92. The molecule has 41 heavy (non-hydrogen) atoms. The predicted octanol–water partition coefficient (Wildman–Crippen LogP) is 6.36. The quantitative estimate of drug-likeness (QED) is 0.287. The number of carbonyl (C=O) groups is 2. The topological polar surface area (TPSA) is 86.8 Å². The first-order chi connectivity index (χ1) is 19.5. The van der Waals surface area contributed by atoms with Gasteiger partial charge in [0.1, 0.15) is 12.6 Å². The highest BCUT2D eigenvalue weighted by Crippen LogP contribution is 2.30. The molecule has 2 amide bonds. The van der Waals surface area contributed by atoms with E-state index in [2.05, 4.69) is 5.32 Å². The molecule has 1 saturated carbocycles. The van der Waals surface area contributed by atoms with Crippen molar-refractivity contribution < 1.29 is 18.0 Å². The van der Waals surface area contributed by atoms with E-state index in [1.165, 1.54) is 35.2 Å². The van der Waals surface area contributed by atoms with E-state index in [1.807, 2.05) is 37.3 Å². The summed E-state index contributed by atoms with van der Waals surface area (Å²) in [4.78, 5) is 28.9. The second kappa shape index (κ2) is 13.7. The number of aryl methyl sites for hydroxylation is 1. The van der Waals surface area contributed by atoms with Crippen LogP contribution in [-0.2, 0) is 26.2 Å². The van der Waals surface area contributed by atoms with Crippen LogP contribution in [0.3, 0.4) is 0 Å². The van der Waals surface area contributed by atoms with Gasteiger partial charge in [-0.15, -0.1) is 0 Å². The third-order valence-corrected chi connectivity index (χ3v) is 9.56. The molecule has 4 rings (SSSR count). The number of benzene rings is 3. The third kappa shape index (κ3) is 8.03. The summed E-state index contributed by atoms with van der Waals surface area (Å²) >= 11 is 12.5. The van der Waals surface area contributed by atoms with E-state index < -0.39 is 28.5 Å². The van der Waals surface area contributed by atoms with Crippen molar-refractivity contribution in [1.82, 2.24) is 10.2 Å². The van der Waals surface area contributed by atoms with E-state index in [0.29, 0.717) is 0 Å². The Bertz CT molecular complexity index is 1440. The summed E-state index contributed by atoms with van der Waals surface area (Å²) in [6.45, 7) is 3.11. The highest BCUT2D eigenvalue weighted by atomic mass is 35.5. The molecule has 218 valence electrons. The molecule has 0 aromatic heterocycles. The lowest BCUT2D eigenvalue weighted by Crippen LogP contribution is -2.53. The maximum atomic E-state index is 14.0. The monoisotopic (exact) mass is 615 g/mol. The lowest BCUT2D eigenvalue weighted by Gasteiger charge is -2.33. The van der Waals surface area contributed by atoms with Gasteiger partial charge < -0.3 is 10.2 Å². The molecule has 7 nitrogen and oxygen atoms in total. The molecule has 0 radical (unpaired) electrons. The molecule has 0 bridgehead atoms. The first-order valence-electron chi connectivity index (χ1n) is 13.7. The second-order valence-corrected chi connectivity index (χ2v) is 13.2. The second-order valence-electron chi connectivity index (χ2n) is 10.5. The molecule has 0 spiro atoms. The summed E-state index contributed by atoms with van der Waals surface area (Å²) in [5.74, 6) is -0.799. The molecular weight excluding hydrogens is 581 g/mol. The van der Waals surface area contributed by atoms with Gasteiger partial charge in [0.15, 0.2) is 0 Å². The summed E-state index contributed by atoms with van der Waals surface area (Å²) in [6, 6.07) is 19.3. The van der Waals surface area contributed by atoms with Gasteiger partial charge >= 0.3 is 0 Å².